The minimum atomic E-state index is -3.56. The molecule has 1 saturated heterocycles. The van der Waals surface area contributed by atoms with Crippen molar-refractivity contribution in [3.05, 3.63) is 66.6 Å². The summed E-state index contributed by atoms with van der Waals surface area (Å²) >= 11 is 0. The molecule has 0 aromatic carbocycles. The Kier molecular flexibility index (Phi) is 6.10. The Morgan fingerprint density at radius 1 is 1.19 bits per heavy atom. The molecule has 0 aliphatic carbocycles. The second-order valence-electron chi connectivity index (χ2n) is 7.67. The summed E-state index contributed by atoms with van der Waals surface area (Å²) in [5.41, 5.74) is 1.18. The van der Waals surface area contributed by atoms with Gasteiger partial charge in [-0.05, 0) is 48.6 Å². The van der Waals surface area contributed by atoms with Crippen LogP contribution in [0.5, 0.6) is 0 Å². The lowest BCUT2D eigenvalue weighted by Crippen LogP contribution is -2.39. The number of nitrogens with one attached hydrogen (secondary N) is 1. The van der Waals surface area contributed by atoms with Gasteiger partial charge in [0.05, 0.1) is 0 Å². The highest BCUT2D eigenvalue weighted by Gasteiger charge is 2.28. The van der Waals surface area contributed by atoms with Crippen LogP contribution in [-0.2, 0) is 16.6 Å². The Balaban J connectivity index is 1.44. The van der Waals surface area contributed by atoms with E-state index in [1.807, 2.05) is 12.1 Å². The topological polar surface area (TPSA) is 110 Å². The molecular weight excluding hydrogens is 416 g/mol. The van der Waals surface area contributed by atoms with Gasteiger partial charge in [0.1, 0.15) is 22.7 Å². The van der Waals surface area contributed by atoms with Gasteiger partial charge in [-0.1, -0.05) is 6.92 Å². The standard InChI is InChI=1S/C21H24N6O3S/c1-16-3-2-10-27(13-16)31(29,30)18-4-5-20(23-12-18)26-14-19(25-15-26)21(28)24-11-17-6-8-22-9-7-17/h4-9,12,14-16H,2-3,10-11,13H2,1H3,(H,24,28)/t16-/m0/s1. The second-order valence-corrected chi connectivity index (χ2v) is 9.60. The third kappa shape index (κ3) is 4.80. The van der Waals surface area contributed by atoms with Crippen molar-refractivity contribution in [2.75, 3.05) is 13.1 Å². The summed E-state index contributed by atoms with van der Waals surface area (Å²) in [5.74, 6) is 0.519. The van der Waals surface area contributed by atoms with E-state index in [2.05, 4.69) is 27.2 Å². The van der Waals surface area contributed by atoms with Crippen LogP contribution in [0.1, 0.15) is 35.8 Å². The fourth-order valence-electron chi connectivity index (χ4n) is 3.53. The van der Waals surface area contributed by atoms with Crippen molar-refractivity contribution in [2.24, 2.45) is 5.92 Å². The molecule has 1 aliphatic heterocycles. The molecule has 3 aromatic heterocycles. The number of rotatable bonds is 6. The maximum Gasteiger partial charge on any atom is 0.271 e. The number of nitrogens with zero attached hydrogens (tertiary/aromatic N) is 5. The van der Waals surface area contributed by atoms with Gasteiger partial charge in [0.2, 0.25) is 10.0 Å². The number of aromatic nitrogens is 4. The Morgan fingerprint density at radius 2 is 2.00 bits per heavy atom. The van der Waals surface area contributed by atoms with Crippen LogP contribution < -0.4 is 5.32 Å². The first-order valence-corrected chi connectivity index (χ1v) is 11.5. The van der Waals surface area contributed by atoms with Crippen LogP contribution in [0.15, 0.2) is 60.3 Å². The molecule has 9 nitrogen and oxygen atoms in total. The van der Waals surface area contributed by atoms with Crippen molar-refractivity contribution in [1.82, 2.24) is 29.1 Å². The maximum atomic E-state index is 12.9. The Hall–Kier alpha value is -3.11. The zero-order chi connectivity index (χ0) is 21.8. The summed E-state index contributed by atoms with van der Waals surface area (Å²) in [7, 11) is -3.56. The second kappa shape index (κ2) is 8.94. The summed E-state index contributed by atoms with van der Waals surface area (Å²) in [5, 5.41) is 2.80. The fraction of sp³-hybridized carbons (Fsp3) is 0.333. The van der Waals surface area contributed by atoms with Gasteiger partial charge >= 0.3 is 0 Å². The molecule has 4 heterocycles. The third-order valence-electron chi connectivity index (χ3n) is 5.26. The molecule has 1 fully saturated rings. The van der Waals surface area contributed by atoms with Crippen molar-refractivity contribution in [2.45, 2.75) is 31.2 Å². The lowest BCUT2D eigenvalue weighted by atomic mass is 10.0. The minimum Gasteiger partial charge on any atom is -0.347 e. The summed E-state index contributed by atoms with van der Waals surface area (Å²) in [6.45, 7) is 3.50. The number of carbonyl (C=O) groups is 1. The highest BCUT2D eigenvalue weighted by atomic mass is 32.2. The average molecular weight is 441 g/mol. The van der Waals surface area contributed by atoms with Crippen molar-refractivity contribution in [1.29, 1.82) is 0 Å². The molecule has 1 amide bonds. The Labute approximate surface area is 181 Å². The predicted molar refractivity (Wildman–Crippen MR) is 114 cm³/mol. The van der Waals surface area contributed by atoms with E-state index in [9.17, 15) is 13.2 Å². The van der Waals surface area contributed by atoms with E-state index >= 15 is 0 Å². The number of pyridine rings is 2. The molecule has 1 atom stereocenters. The molecule has 0 unspecified atom stereocenters. The van der Waals surface area contributed by atoms with Crippen LogP contribution in [0.3, 0.4) is 0 Å². The average Bonchev–Trinajstić information content (AvgIpc) is 3.29. The van der Waals surface area contributed by atoms with Gasteiger partial charge in [0, 0.05) is 44.4 Å². The molecule has 10 heteroatoms. The van der Waals surface area contributed by atoms with Gasteiger partial charge in [-0.2, -0.15) is 4.31 Å². The lowest BCUT2D eigenvalue weighted by molar-refractivity contribution is 0.0946. The van der Waals surface area contributed by atoms with E-state index in [-0.39, 0.29) is 16.5 Å². The van der Waals surface area contributed by atoms with E-state index in [4.69, 9.17) is 0 Å². The van der Waals surface area contributed by atoms with Crippen molar-refractivity contribution >= 4 is 15.9 Å². The quantitative estimate of drug-likeness (QED) is 0.628. The minimum absolute atomic E-state index is 0.167. The van der Waals surface area contributed by atoms with E-state index < -0.39 is 10.0 Å². The first-order chi connectivity index (χ1) is 14.9. The molecule has 0 radical (unpaired) electrons. The van der Waals surface area contributed by atoms with Gasteiger partial charge in [0.15, 0.2) is 0 Å². The molecular formula is C21H24N6O3S. The van der Waals surface area contributed by atoms with E-state index in [0.29, 0.717) is 31.4 Å². The number of amides is 1. The van der Waals surface area contributed by atoms with Crippen LogP contribution in [0.2, 0.25) is 0 Å². The normalized spacial score (nSPS) is 17.4. The number of piperidine rings is 1. The zero-order valence-corrected chi connectivity index (χ0v) is 18.0. The first-order valence-electron chi connectivity index (χ1n) is 10.1. The number of imidazole rings is 1. The fourth-order valence-corrected chi connectivity index (χ4v) is 5.07. The molecule has 162 valence electrons. The van der Waals surface area contributed by atoms with E-state index in [1.54, 1.807) is 35.3 Å². The lowest BCUT2D eigenvalue weighted by Gasteiger charge is -2.29. The van der Waals surface area contributed by atoms with Gasteiger partial charge in [-0.25, -0.2) is 18.4 Å². The van der Waals surface area contributed by atoms with Gasteiger partial charge in [0.25, 0.3) is 5.91 Å². The number of carbonyl (C=O) groups excluding carboxylic acids is 1. The number of sulfonamides is 1. The van der Waals surface area contributed by atoms with Gasteiger partial charge in [-0.15, -0.1) is 0 Å². The maximum absolute atomic E-state index is 12.9. The van der Waals surface area contributed by atoms with Crippen LogP contribution in [0.4, 0.5) is 0 Å². The first kappa shape index (κ1) is 21.1. The molecule has 4 rings (SSSR count). The van der Waals surface area contributed by atoms with Crippen LogP contribution in [-0.4, -0.2) is 51.2 Å². The molecule has 1 N–H and O–H groups in total. The Bertz CT molecular complexity index is 1150. The molecule has 0 bridgehead atoms. The van der Waals surface area contributed by atoms with Crippen LogP contribution >= 0.6 is 0 Å². The summed E-state index contributed by atoms with van der Waals surface area (Å²) in [4.78, 5) is 24.9. The van der Waals surface area contributed by atoms with Gasteiger partial charge in [-0.3, -0.25) is 14.3 Å². The highest BCUT2D eigenvalue weighted by molar-refractivity contribution is 7.89. The molecule has 0 saturated carbocycles. The van der Waals surface area contributed by atoms with Crippen LogP contribution in [0, 0.1) is 5.92 Å². The third-order valence-corrected chi connectivity index (χ3v) is 7.11. The largest absolute Gasteiger partial charge is 0.347 e. The SMILES string of the molecule is C[C@H]1CCCN(S(=O)(=O)c2ccc(-n3cnc(C(=O)NCc4ccncc4)c3)nc2)C1. The smallest absolute Gasteiger partial charge is 0.271 e. The summed E-state index contributed by atoms with van der Waals surface area (Å²) in [6, 6.07) is 6.80. The molecule has 0 spiro atoms. The zero-order valence-electron chi connectivity index (χ0n) is 17.2. The highest BCUT2D eigenvalue weighted by Crippen LogP contribution is 2.23. The molecule has 31 heavy (non-hydrogen) atoms. The predicted octanol–water partition coefficient (Wildman–Crippen LogP) is 2.01. The summed E-state index contributed by atoms with van der Waals surface area (Å²) in [6.07, 6.45) is 9.63. The monoisotopic (exact) mass is 440 g/mol. The van der Waals surface area contributed by atoms with E-state index in [0.717, 1.165) is 18.4 Å². The Morgan fingerprint density at radius 3 is 2.71 bits per heavy atom. The van der Waals surface area contributed by atoms with E-state index in [1.165, 1.54) is 16.8 Å². The number of hydrogen-bond donors (Lipinski definition) is 1. The molecule has 1 aliphatic rings. The van der Waals surface area contributed by atoms with Gasteiger partial charge < -0.3 is 5.32 Å². The van der Waals surface area contributed by atoms with Crippen molar-refractivity contribution in [3.8, 4) is 5.82 Å². The number of hydrogen-bond acceptors (Lipinski definition) is 6. The molecule has 3 aromatic rings. The summed E-state index contributed by atoms with van der Waals surface area (Å²) < 4.78 is 28.9. The van der Waals surface area contributed by atoms with Crippen molar-refractivity contribution < 1.29 is 13.2 Å². The van der Waals surface area contributed by atoms with Crippen LogP contribution in [0.25, 0.3) is 5.82 Å². The van der Waals surface area contributed by atoms with Crippen molar-refractivity contribution in [3.63, 3.8) is 0 Å².